The van der Waals surface area contributed by atoms with Crippen molar-refractivity contribution in [2.24, 2.45) is 0 Å². The fourth-order valence-electron chi connectivity index (χ4n) is 2.64. The van der Waals surface area contributed by atoms with Crippen molar-refractivity contribution < 1.29 is 9.90 Å². The molecule has 1 heterocycles. The van der Waals surface area contributed by atoms with Gasteiger partial charge in [0.05, 0.1) is 6.42 Å². The molecule has 4 heteroatoms. The first-order valence-electron chi connectivity index (χ1n) is 6.72. The summed E-state index contributed by atoms with van der Waals surface area (Å²) in [6, 6.07) is 8.87. The van der Waals surface area contributed by atoms with Crippen LogP contribution in [-0.2, 0) is 4.79 Å². The maximum absolute atomic E-state index is 11.0. The predicted molar refractivity (Wildman–Crippen MR) is 76.7 cm³/mol. The number of carboxylic acid groups (broad SMARTS) is 1. The van der Waals surface area contributed by atoms with E-state index < -0.39 is 5.97 Å². The summed E-state index contributed by atoms with van der Waals surface area (Å²) < 4.78 is 0. The zero-order valence-electron chi connectivity index (χ0n) is 11.8. The van der Waals surface area contributed by atoms with Crippen molar-refractivity contribution >= 4 is 11.7 Å². The number of rotatable bonds is 3. The van der Waals surface area contributed by atoms with Crippen molar-refractivity contribution in [2.45, 2.75) is 32.4 Å². The van der Waals surface area contributed by atoms with Gasteiger partial charge in [0.25, 0.3) is 0 Å². The first-order valence-corrected chi connectivity index (χ1v) is 6.72. The van der Waals surface area contributed by atoms with E-state index in [0.717, 1.165) is 13.1 Å². The first-order chi connectivity index (χ1) is 8.97. The van der Waals surface area contributed by atoms with Gasteiger partial charge in [-0.15, -0.1) is 0 Å². The number of hydrogen-bond acceptors (Lipinski definition) is 3. The van der Waals surface area contributed by atoms with Gasteiger partial charge in [-0.25, -0.2) is 0 Å². The molecular formula is C15H22N2O2. The number of benzene rings is 1. The topological polar surface area (TPSA) is 43.8 Å². The van der Waals surface area contributed by atoms with Crippen LogP contribution in [0.4, 0.5) is 5.69 Å². The summed E-state index contributed by atoms with van der Waals surface area (Å²) in [7, 11) is 2.02. The smallest absolute Gasteiger partial charge is 0.305 e. The van der Waals surface area contributed by atoms with Crippen LogP contribution in [0.15, 0.2) is 24.3 Å². The zero-order valence-corrected chi connectivity index (χ0v) is 11.8. The Morgan fingerprint density at radius 2 is 1.95 bits per heavy atom. The third kappa shape index (κ3) is 3.26. The molecule has 1 saturated heterocycles. The molecule has 0 radical (unpaired) electrons. The highest BCUT2D eigenvalue weighted by Crippen LogP contribution is 2.23. The van der Waals surface area contributed by atoms with Gasteiger partial charge in [-0.3, -0.25) is 9.69 Å². The average Bonchev–Trinajstić information content (AvgIpc) is 2.35. The first kappa shape index (κ1) is 13.9. The second-order valence-corrected chi connectivity index (χ2v) is 5.51. The highest BCUT2D eigenvalue weighted by atomic mass is 16.4. The van der Waals surface area contributed by atoms with Crippen LogP contribution < -0.4 is 4.90 Å². The molecule has 0 saturated carbocycles. The number of piperazine rings is 1. The Morgan fingerprint density at radius 3 is 2.53 bits per heavy atom. The van der Waals surface area contributed by atoms with Crippen molar-refractivity contribution in [3.63, 3.8) is 0 Å². The summed E-state index contributed by atoms with van der Waals surface area (Å²) >= 11 is 0. The lowest BCUT2D eigenvalue weighted by molar-refractivity contribution is -0.138. The van der Waals surface area contributed by atoms with Crippen LogP contribution in [0.25, 0.3) is 0 Å². The molecule has 0 amide bonds. The van der Waals surface area contributed by atoms with E-state index >= 15 is 0 Å². The van der Waals surface area contributed by atoms with Crippen LogP contribution in [0.5, 0.6) is 0 Å². The van der Waals surface area contributed by atoms with Gasteiger partial charge in [0.1, 0.15) is 0 Å². The lowest BCUT2D eigenvalue weighted by Crippen LogP contribution is -2.56. The summed E-state index contributed by atoms with van der Waals surface area (Å²) in [5, 5.41) is 9.02. The van der Waals surface area contributed by atoms with Gasteiger partial charge in [0.2, 0.25) is 0 Å². The number of hydrogen-bond donors (Lipinski definition) is 1. The minimum absolute atomic E-state index is 0.0718. The van der Waals surface area contributed by atoms with Crippen LogP contribution in [0.1, 0.15) is 18.9 Å². The molecule has 1 aliphatic rings. The molecule has 2 unspecified atom stereocenters. The number of nitrogens with zero attached hydrogens (tertiary/aromatic N) is 2. The third-order valence-corrected chi connectivity index (χ3v) is 4.00. The van der Waals surface area contributed by atoms with E-state index in [1.165, 1.54) is 11.3 Å². The molecular weight excluding hydrogens is 240 g/mol. The summed E-state index contributed by atoms with van der Waals surface area (Å²) in [5.41, 5.74) is 2.42. The maximum Gasteiger partial charge on any atom is 0.305 e. The van der Waals surface area contributed by atoms with E-state index in [4.69, 9.17) is 5.11 Å². The van der Waals surface area contributed by atoms with E-state index in [2.05, 4.69) is 47.9 Å². The standard InChI is InChI=1S/C15H22N2O2/c1-11-4-6-13(7-5-11)17-9-12(2)16(3)14(10-17)8-15(18)19/h4-7,12,14H,8-10H2,1-3H3,(H,18,19). The monoisotopic (exact) mass is 262 g/mol. The number of carbonyl (C=O) groups is 1. The second-order valence-electron chi connectivity index (χ2n) is 5.51. The van der Waals surface area contributed by atoms with Crippen LogP contribution in [-0.4, -0.2) is 48.2 Å². The minimum Gasteiger partial charge on any atom is -0.481 e. The molecule has 0 bridgehead atoms. The SMILES string of the molecule is Cc1ccc(N2CC(C)N(C)C(CC(=O)O)C2)cc1. The zero-order chi connectivity index (χ0) is 14.0. The average molecular weight is 262 g/mol. The second kappa shape index (κ2) is 5.61. The van der Waals surface area contributed by atoms with Crippen molar-refractivity contribution in [3.05, 3.63) is 29.8 Å². The van der Waals surface area contributed by atoms with Crippen LogP contribution in [0.3, 0.4) is 0 Å². The van der Waals surface area contributed by atoms with Crippen molar-refractivity contribution in [2.75, 3.05) is 25.0 Å². The van der Waals surface area contributed by atoms with Gasteiger partial charge in [-0.05, 0) is 33.0 Å². The molecule has 1 N–H and O–H groups in total. The minimum atomic E-state index is -0.727. The molecule has 2 rings (SSSR count). The fourth-order valence-corrected chi connectivity index (χ4v) is 2.64. The van der Waals surface area contributed by atoms with Gasteiger partial charge in [-0.1, -0.05) is 17.7 Å². The van der Waals surface area contributed by atoms with E-state index in [-0.39, 0.29) is 12.5 Å². The number of carboxylic acids is 1. The number of likely N-dealkylation sites (N-methyl/N-ethyl adjacent to an activating group) is 1. The molecule has 0 aromatic heterocycles. The highest BCUT2D eigenvalue weighted by Gasteiger charge is 2.30. The lowest BCUT2D eigenvalue weighted by atomic mass is 10.0. The van der Waals surface area contributed by atoms with E-state index in [0.29, 0.717) is 6.04 Å². The molecule has 19 heavy (non-hydrogen) atoms. The fraction of sp³-hybridized carbons (Fsp3) is 0.533. The molecule has 1 aliphatic heterocycles. The molecule has 0 spiro atoms. The van der Waals surface area contributed by atoms with Gasteiger partial charge < -0.3 is 10.0 Å². The van der Waals surface area contributed by atoms with E-state index in [1.54, 1.807) is 0 Å². The number of anilines is 1. The molecule has 1 fully saturated rings. The molecule has 1 aromatic carbocycles. The molecule has 1 aromatic rings. The third-order valence-electron chi connectivity index (χ3n) is 4.00. The predicted octanol–water partition coefficient (Wildman–Crippen LogP) is 1.98. The van der Waals surface area contributed by atoms with Gasteiger partial charge >= 0.3 is 5.97 Å². The van der Waals surface area contributed by atoms with Crippen LogP contribution >= 0.6 is 0 Å². The molecule has 4 nitrogen and oxygen atoms in total. The van der Waals surface area contributed by atoms with Gasteiger partial charge in [0, 0.05) is 30.9 Å². The Kier molecular flexibility index (Phi) is 4.10. The summed E-state index contributed by atoms with van der Waals surface area (Å²) in [4.78, 5) is 15.4. The molecule has 104 valence electrons. The van der Waals surface area contributed by atoms with E-state index in [1.807, 2.05) is 7.05 Å². The van der Waals surface area contributed by atoms with E-state index in [9.17, 15) is 4.79 Å². The Labute approximate surface area is 114 Å². The summed E-state index contributed by atoms with van der Waals surface area (Å²) in [5.74, 6) is -0.727. The Balaban J connectivity index is 2.14. The maximum atomic E-state index is 11.0. The Morgan fingerprint density at radius 1 is 1.32 bits per heavy atom. The summed E-state index contributed by atoms with van der Waals surface area (Å²) in [6.07, 6.45) is 0.198. The van der Waals surface area contributed by atoms with Crippen molar-refractivity contribution in [1.29, 1.82) is 0 Å². The largest absolute Gasteiger partial charge is 0.481 e. The lowest BCUT2D eigenvalue weighted by Gasteiger charge is -2.44. The number of aryl methyl sites for hydroxylation is 1. The Hall–Kier alpha value is -1.55. The van der Waals surface area contributed by atoms with Crippen molar-refractivity contribution in [3.8, 4) is 0 Å². The quantitative estimate of drug-likeness (QED) is 0.904. The highest BCUT2D eigenvalue weighted by molar-refractivity contribution is 5.67. The van der Waals surface area contributed by atoms with Gasteiger partial charge in [-0.2, -0.15) is 0 Å². The van der Waals surface area contributed by atoms with Gasteiger partial charge in [0.15, 0.2) is 0 Å². The Bertz CT molecular complexity index is 444. The summed E-state index contributed by atoms with van der Waals surface area (Å²) in [6.45, 7) is 5.94. The molecule has 0 aliphatic carbocycles. The van der Waals surface area contributed by atoms with Crippen LogP contribution in [0.2, 0.25) is 0 Å². The molecule has 2 atom stereocenters. The van der Waals surface area contributed by atoms with Crippen molar-refractivity contribution in [1.82, 2.24) is 4.90 Å². The number of aliphatic carboxylic acids is 1. The normalized spacial score (nSPS) is 24.5. The van der Waals surface area contributed by atoms with Crippen LogP contribution in [0, 0.1) is 6.92 Å².